The molecule has 4 nitrogen and oxygen atoms in total. The van der Waals surface area contributed by atoms with E-state index in [1.54, 1.807) is 0 Å². The first-order valence-electron chi connectivity index (χ1n) is 2.14. The quantitative estimate of drug-likeness (QED) is 0.572. The van der Waals surface area contributed by atoms with Gasteiger partial charge in [0.1, 0.15) is 0 Å². The molecule has 0 saturated carbocycles. The van der Waals surface area contributed by atoms with Crippen LogP contribution in [0.25, 0.3) is 0 Å². The summed E-state index contributed by atoms with van der Waals surface area (Å²) in [6.45, 7) is 0. The molecule has 0 fully saturated rings. The van der Waals surface area contributed by atoms with Gasteiger partial charge in [-0.3, -0.25) is 5.10 Å². The number of carboxylic acids is 1. The molecule has 1 aromatic heterocycles. The molecule has 1 heterocycles. The minimum absolute atomic E-state index is 0.505. The van der Waals surface area contributed by atoms with Crippen LogP contribution in [0.15, 0.2) is 6.20 Å². The van der Waals surface area contributed by atoms with Crippen LogP contribution in [-0.2, 0) is 0 Å². The van der Waals surface area contributed by atoms with Gasteiger partial charge in [-0.25, -0.2) is 9.18 Å². The molecule has 0 unspecified atom stereocenters. The highest BCUT2D eigenvalue weighted by molar-refractivity contribution is 5.85. The second-order valence-corrected chi connectivity index (χ2v) is 1.40. The van der Waals surface area contributed by atoms with Crippen LogP contribution in [0.5, 0.6) is 0 Å². The summed E-state index contributed by atoms with van der Waals surface area (Å²) in [4.78, 5) is 9.97. The van der Waals surface area contributed by atoms with Gasteiger partial charge in [0.2, 0.25) is 0 Å². The van der Waals surface area contributed by atoms with Crippen LogP contribution in [0.1, 0.15) is 10.5 Å². The minimum atomic E-state index is -1.34. The summed E-state index contributed by atoms with van der Waals surface area (Å²) in [6.07, 6.45) is 0.809. The molecule has 1 rings (SSSR count). The highest BCUT2D eigenvalue weighted by Crippen LogP contribution is 1.99. The van der Waals surface area contributed by atoms with Gasteiger partial charge in [-0.05, 0) is 0 Å². The molecular weight excluding hydrogens is 127 g/mol. The first-order chi connectivity index (χ1) is 4.22. The van der Waals surface area contributed by atoms with Crippen molar-refractivity contribution in [1.29, 1.82) is 0 Å². The maximum Gasteiger partial charge on any atom is 0.356 e. The summed E-state index contributed by atoms with van der Waals surface area (Å²) in [5.41, 5.74) is -0.505. The monoisotopic (exact) mass is 130 g/mol. The lowest BCUT2D eigenvalue weighted by Gasteiger charge is -1.82. The van der Waals surface area contributed by atoms with Gasteiger partial charge in [0.05, 0.1) is 6.20 Å². The molecule has 9 heavy (non-hydrogen) atoms. The third-order valence-corrected chi connectivity index (χ3v) is 0.807. The van der Waals surface area contributed by atoms with E-state index >= 15 is 0 Å². The normalized spacial score (nSPS) is 9.44. The van der Waals surface area contributed by atoms with Crippen LogP contribution < -0.4 is 0 Å². The number of aromatic nitrogens is 2. The average molecular weight is 130 g/mol. The maximum atomic E-state index is 12.1. The predicted molar refractivity (Wildman–Crippen MR) is 25.5 cm³/mol. The van der Waals surface area contributed by atoms with Crippen molar-refractivity contribution in [1.82, 2.24) is 10.2 Å². The van der Waals surface area contributed by atoms with Gasteiger partial charge in [0, 0.05) is 0 Å². The zero-order valence-corrected chi connectivity index (χ0v) is 4.26. The zero-order valence-electron chi connectivity index (χ0n) is 4.26. The van der Waals surface area contributed by atoms with E-state index in [0.29, 0.717) is 0 Å². The Kier molecular flexibility index (Phi) is 1.18. The van der Waals surface area contributed by atoms with Gasteiger partial charge in [0.25, 0.3) is 0 Å². The first-order valence-corrected chi connectivity index (χ1v) is 2.14. The number of aromatic amines is 1. The van der Waals surface area contributed by atoms with E-state index in [4.69, 9.17) is 5.11 Å². The number of rotatable bonds is 1. The smallest absolute Gasteiger partial charge is 0.356 e. The molecule has 0 amide bonds. The second kappa shape index (κ2) is 1.85. The molecule has 0 aliphatic heterocycles. The number of carboxylic acid groups (broad SMARTS) is 1. The van der Waals surface area contributed by atoms with E-state index in [9.17, 15) is 9.18 Å². The summed E-state index contributed by atoms with van der Waals surface area (Å²) in [6, 6.07) is 0. The molecule has 5 heteroatoms. The molecule has 0 aliphatic carbocycles. The van der Waals surface area contributed by atoms with Gasteiger partial charge < -0.3 is 5.11 Å². The van der Waals surface area contributed by atoms with Gasteiger partial charge >= 0.3 is 5.97 Å². The van der Waals surface area contributed by atoms with Gasteiger partial charge in [0.15, 0.2) is 11.5 Å². The molecule has 0 saturated heterocycles. The number of aromatic carboxylic acids is 1. The van der Waals surface area contributed by atoms with Crippen molar-refractivity contribution in [2.75, 3.05) is 0 Å². The molecule has 0 aromatic carbocycles. The van der Waals surface area contributed by atoms with E-state index in [0.717, 1.165) is 6.20 Å². The van der Waals surface area contributed by atoms with E-state index in [1.165, 1.54) is 0 Å². The van der Waals surface area contributed by atoms with Crippen molar-refractivity contribution in [2.45, 2.75) is 0 Å². The Balaban J connectivity index is 3.08. The Morgan fingerprint density at radius 1 is 1.89 bits per heavy atom. The molecule has 1 aromatic rings. The SMILES string of the molecule is O=C(O)c1[nH]ncc1F. The first kappa shape index (κ1) is 5.74. The summed E-state index contributed by atoms with van der Waals surface area (Å²) < 4.78 is 12.1. The lowest BCUT2D eigenvalue weighted by Crippen LogP contribution is -1.98. The zero-order chi connectivity index (χ0) is 6.85. The fraction of sp³-hybridized carbons (Fsp3) is 0. The molecular formula is C4H3FN2O2. The molecule has 48 valence electrons. The van der Waals surface area contributed by atoms with E-state index in [1.807, 2.05) is 5.10 Å². The van der Waals surface area contributed by atoms with Gasteiger partial charge in [-0.1, -0.05) is 0 Å². The maximum absolute atomic E-state index is 12.1. The molecule has 0 bridgehead atoms. The molecule has 0 radical (unpaired) electrons. The average Bonchev–Trinajstić information content (AvgIpc) is 2.13. The van der Waals surface area contributed by atoms with E-state index in [2.05, 4.69) is 5.10 Å². The van der Waals surface area contributed by atoms with Crippen LogP contribution in [0.3, 0.4) is 0 Å². The summed E-state index contributed by atoms with van der Waals surface area (Å²) >= 11 is 0. The summed E-state index contributed by atoms with van der Waals surface area (Å²) in [5, 5.41) is 13.3. The minimum Gasteiger partial charge on any atom is -0.476 e. The summed E-state index contributed by atoms with van der Waals surface area (Å²) in [7, 11) is 0. The Bertz CT molecular complexity index is 232. The number of hydrogen-bond donors (Lipinski definition) is 2. The Labute approximate surface area is 49.3 Å². The fourth-order valence-corrected chi connectivity index (χ4v) is 0.421. The van der Waals surface area contributed by atoms with Crippen molar-refractivity contribution in [2.24, 2.45) is 0 Å². The standard InChI is InChI=1S/C4H3FN2O2/c5-2-1-6-7-3(2)4(8)9/h1H,(H,6,7)(H,8,9). The highest BCUT2D eigenvalue weighted by Gasteiger charge is 2.10. The molecule has 0 atom stereocenters. The van der Waals surface area contributed by atoms with Crippen LogP contribution in [-0.4, -0.2) is 21.3 Å². The fourth-order valence-electron chi connectivity index (χ4n) is 0.421. The predicted octanol–water partition coefficient (Wildman–Crippen LogP) is 0.247. The lowest BCUT2D eigenvalue weighted by atomic mass is 10.4. The number of nitrogens with one attached hydrogen (secondary N) is 1. The van der Waals surface area contributed by atoms with Crippen LogP contribution in [0, 0.1) is 5.82 Å². The Morgan fingerprint density at radius 2 is 2.56 bits per heavy atom. The third kappa shape index (κ3) is 0.883. The van der Waals surface area contributed by atoms with Gasteiger partial charge in [-0.15, -0.1) is 0 Å². The van der Waals surface area contributed by atoms with Crippen molar-refractivity contribution in [3.05, 3.63) is 17.7 Å². The van der Waals surface area contributed by atoms with Crippen molar-refractivity contribution in [3.8, 4) is 0 Å². The molecule has 0 spiro atoms. The van der Waals surface area contributed by atoms with Crippen LogP contribution in [0.2, 0.25) is 0 Å². The van der Waals surface area contributed by atoms with Crippen LogP contribution in [0.4, 0.5) is 4.39 Å². The number of nitrogens with zero attached hydrogens (tertiary/aromatic N) is 1. The number of H-pyrrole nitrogens is 1. The van der Waals surface area contributed by atoms with Crippen molar-refractivity contribution >= 4 is 5.97 Å². The van der Waals surface area contributed by atoms with Crippen molar-refractivity contribution in [3.63, 3.8) is 0 Å². The summed E-state index contributed by atoms with van der Waals surface area (Å²) in [5.74, 6) is -2.19. The largest absolute Gasteiger partial charge is 0.476 e. The number of carbonyl (C=O) groups is 1. The van der Waals surface area contributed by atoms with E-state index in [-0.39, 0.29) is 0 Å². The lowest BCUT2D eigenvalue weighted by molar-refractivity contribution is 0.0685. The number of halogens is 1. The topological polar surface area (TPSA) is 66.0 Å². The second-order valence-electron chi connectivity index (χ2n) is 1.40. The van der Waals surface area contributed by atoms with Crippen LogP contribution >= 0.6 is 0 Å². The Hall–Kier alpha value is -1.39. The Morgan fingerprint density at radius 3 is 2.78 bits per heavy atom. The highest BCUT2D eigenvalue weighted by atomic mass is 19.1. The van der Waals surface area contributed by atoms with E-state index < -0.39 is 17.5 Å². The van der Waals surface area contributed by atoms with Crippen molar-refractivity contribution < 1.29 is 14.3 Å². The van der Waals surface area contributed by atoms with Gasteiger partial charge in [-0.2, -0.15) is 5.10 Å². The number of hydrogen-bond acceptors (Lipinski definition) is 2. The molecule has 0 aliphatic rings. The third-order valence-electron chi connectivity index (χ3n) is 0.807. The molecule has 2 N–H and O–H groups in total.